The van der Waals surface area contributed by atoms with E-state index in [1.165, 1.54) is 11.8 Å². The van der Waals surface area contributed by atoms with Gasteiger partial charge in [0.1, 0.15) is 5.75 Å². The van der Waals surface area contributed by atoms with E-state index in [1.807, 2.05) is 68.6 Å². The summed E-state index contributed by atoms with van der Waals surface area (Å²) < 4.78 is 7.09. The smallest absolute Gasteiger partial charge is 0.253 e. The molecule has 0 saturated heterocycles. The van der Waals surface area contributed by atoms with Gasteiger partial charge in [-0.1, -0.05) is 71.9 Å². The third-order valence-electron chi connectivity index (χ3n) is 6.95. The normalized spacial score (nSPS) is 14.6. The van der Waals surface area contributed by atoms with Gasteiger partial charge in [-0.3, -0.25) is 9.59 Å². The van der Waals surface area contributed by atoms with Gasteiger partial charge in [0.25, 0.3) is 5.91 Å². The van der Waals surface area contributed by atoms with E-state index >= 15 is 0 Å². The van der Waals surface area contributed by atoms with Crippen molar-refractivity contribution in [3.05, 3.63) is 107 Å². The number of methoxy groups -OCH3 is 1. The Balaban J connectivity index is 1.24. The van der Waals surface area contributed by atoms with E-state index in [4.69, 9.17) is 9.84 Å². The van der Waals surface area contributed by atoms with Crippen LogP contribution in [0.2, 0.25) is 0 Å². The minimum Gasteiger partial charge on any atom is -0.497 e. The zero-order chi connectivity index (χ0) is 28.8. The monoisotopic (exact) mass is 568 g/mol. The molecule has 4 aromatic rings. The van der Waals surface area contributed by atoms with Crippen LogP contribution in [0.25, 0.3) is 0 Å². The summed E-state index contributed by atoms with van der Waals surface area (Å²) in [6.07, 6.45) is 0.911. The van der Waals surface area contributed by atoms with Crippen molar-refractivity contribution in [1.29, 1.82) is 0 Å². The Labute approximate surface area is 243 Å². The molecule has 0 spiro atoms. The highest BCUT2D eigenvalue weighted by atomic mass is 32.2. The van der Waals surface area contributed by atoms with Crippen LogP contribution in [-0.2, 0) is 29.6 Å². The maximum atomic E-state index is 13.5. The summed E-state index contributed by atoms with van der Waals surface area (Å²) in [6.45, 7) is 2.29. The number of rotatable bonds is 10. The summed E-state index contributed by atoms with van der Waals surface area (Å²) in [7, 11) is 3.46. The van der Waals surface area contributed by atoms with Gasteiger partial charge >= 0.3 is 0 Å². The van der Waals surface area contributed by atoms with Gasteiger partial charge in [-0.05, 0) is 47.9 Å². The lowest BCUT2D eigenvalue weighted by Crippen LogP contribution is -2.28. The molecule has 0 saturated carbocycles. The fraction of sp³-hybridized carbons (Fsp3) is 0.258. The highest BCUT2D eigenvalue weighted by molar-refractivity contribution is 7.99. The second-order valence-corrected chi connectivity index (χ2v) is 10.8. The van der Waals surface area contributed by atoms with E-state index in [-0.39, 0.29) is 30.2 Å². The van der Waals surface area contributed by atoms with Gasteiger partial charge in [0.2, 0.25) is 5.91 Å². The van der Waals surface area contributed by atoms with Crippen molar-refractivity contribution in [3.8, 4) is 5.75 Å². The quantitative estimate of drug-likeness (QED) is 0.284. The highest BCUT2D eigenvalue weighted by Gasteiger charge is 2.33. The molecule has 2 heterocycles. The van der Waals surface area contributed by atoms with Crippen LogP contribution in [0.5, 0.6) is 5.75 Å². The number of aromatic nitrogens is 3. The lowest BCUT2D eigenvalue weighted by Gasteiger charge is -2.22. The van der Waals surface area contributed by atoms with Gasteiger partial charge in [0.15, 0.2) is 11.0 Å². The first kappa shape index (κ1) is 28.1. The largest absolute Gasteiger partial charge is 0.497 e. The molecule has 3 aromatic carbocycles. The summed E-state index contributed by atoms with van der Waals surface area (Å²) >= 11 is 1.30. The molecule has 0 aliphatic carbocycles. The molecular formula is C31H32N6O3S. The number of nitrogens with one attached hydrogen (secondary N) is 1. The molecule has 1 atom stereocenters. The van der Waals surface area contributed by atoms with Crippen molar-refractivity contribution >= 4 is 29.3 Å². The number of ether oxygens (including phenoxy) is 1. The number of carbonyl (C=O) groups is 2. The highest BCUT2D eigenvalue weighted by Crippen LogP contribution is 2.34. The van der Waals surface area contributed by atoms with Gasteiger partial charge in [-0.25, -0.2) is 5.01 Å². The first-order valence-electron chi connectivity index (χ1n) is 13.3. The number of amides is 2. The van der Waals surface area contributed by atoms with Crippen LogP contribution in [0.4, 0.5) is 0 Å². The minimum absolute atomic E-state index is 0.0923. The van der Waals surface area contributed by atoms with Crippen LogP contribution in [-0.4, -0.2) is 50.2 Å². The predicted molar refractivity (Wildman–Crippen MR) is 159 cm³/mol. The van der Waals surface area contributed by atoms with Crippen LogP contribution in [0.1, 0.15) is 40.5 Å². The number of nitrogens with zero attached hydrogens (tertiary/aromatic N) is 5. The maximum Gasteiger partial charge on any atom is 0.253 e. The molecule has 9 nitrogen and oxygen atoms in total. The molecule has 5 rings (SSSR count). The molecule has 1 unspecified atom stereocenters. The molecule has 0 fully saturated rings. The Hall–Kier alpha value is -4.44. The van der Waals surface area contributed by atoms with Gasteiger partial charge in [0, 0.05) is 13.5 Å². The van der Waals surface area contributed by atoms with Crippen molar-refractivity contribution in [3.63, 3.8) is 0 Å². The van der Waals surface area contributed by atoms with Crippen LogP contribution >= 0.6 is 11.8 Å². The number of hydrogen-bond donors (Lipinski definition) is 1. The number of thioether (sulfide) groups is 1. The number of carbonyl (C=O) groups excluding carboxylic acids is 2. The molecule has 0 radical (unpaired) electrons. The van der Waals surface area contributed by atoms with Crippen molar-refractivity contribution in [2.24, 2.45) is 12.1 Å². The topological polar surface area (TPSA) is 102 Å². The second kappa shape index (κ2) is 12.8. The van der Waals surface area contributed by atoms with Gasteiger partial charge in [-0.15, -0.1) is 10.2 Å². The summed E-state index contributed by atoms with van der Waals surface area (Å²) in [5.74, 6) is 1.31. The Morgan fingerprint density at radius 2 is 1.73 bits per heavy atom. The van der Waals surface area contributed by atoms with E-state index in [1.54, 1.807) is 16.7 Å². The van der Waals surface area contributed by atoms with E-state index in [9.17, 15) is 9.59 Å². The zero-order valence-electron chi connectivity index (χ0n) is 23.3. The summed E-state index contributed by atoms with van der Waals surface area (Å²) in [4.78, 5) is 25.9. The molecule has 1 aromatic heterocycles. The molecule has 0 bridgehead atoms. The van der Waals surface area contributed by atoms with E-state index in [0.717, 1.165) is 33.7 Å². The van der Waals surface area contributed by atoms with E-state index in [2.05, 4.69) is 39.8 Å². The Morgan fingerprint density at radius 1 is 1.00 bits per heavy atom. The van der Waals surface area contributed by atoms with Crippen molar-refractivity contribution in [2.75, 3.05) is 12.9 Å². The minimum atomic E-state index is -0.198. The van der Waals surface area contributed by atoms with Crippen LogP contribution in [0.3, 0.4) is 0 Å². The predicted octanol–water partition coefficient (Wildman–Crippen LogP) is 4.46. The third kappa shape index (κ3) is 6.83. The Bertz CT molecular complexity index is 1530. The van der Waals surface area contributed by atoms with Crippen LogP contribution in [0, 0.1) is 6.92 Å². The average Bonchev–Trinajstić information content (AvgIpc) is 3.60. The number of benzene rings is 3. The molecule has 10 heteroatoms. The van der Waals surface area contributed by atoms with Crippen molar-refractivity contribution in [2.45, 2.75) is 37.5 Å². The molecular weight excluding hydrogens is 536 g/mol. The van der Waals surface area contributed by atoms with Gasteiger partial charge < -0.3 is 14.6 Å². The summed E-state index contributed by atoms with van der Waals surface area (Å²) in [6, 6.07) is 25.3. The molecule has 41 heavy (non-hydrogen) atoms. The van der Waals surface area contributed by atoms with Crippen LogP contribution in [0.15, 0.2) is 89.1 Å². The standard InChI is InChI=1S/C31H32N6O3S/c1-21-9-11-24(12-10-21)27-18-26(23-13-15-25(40-3)16-14-23)35-37(27)30(39)20-41-31-34-33-28(36(31)2)19-32-29(38)17-22-7-5-4-6-8-22/h4-16,27H,17-20H2,1-3H3,(H,32,38). The fourth-order valence-corrected chi connectivity index (χ4v) is 5.37. The Kier molecular flexibility index (Phi) is 8.79. The third-order valence-corrected chi connectivity index (χ3v) is 7.96. The number of hydrogen-bond acceptors (Lipinski definition) is 7. The molecule has 210 valence electrons. The van der Waals surface area contributed by atoms with Crippen molar-refractivity contribution in [1.82, 2.24) is 25.1 Å². The SMILES string of the molecule is COc1ccc(C2=NN(C(=O)CSc3nnc(CNC(=O)Cc4ccccc4)n3C)C(c3ccc(C)cc3)C2)cc1. The number of hydrazone groups is 1. The lowest BCUT2D eigenvalue weighted by atomic mass is 9.97. The first-order valence-corrected chi connectivity index (χ1v) is 14.3. The summed E-state index contributed by atoms with van der Waals surface area (Å²) in [5.41, 5.74) is 4.95. The fourth-order valence-electron chi connectivity index (χ4n) is 4.58. The maximum absolute atomic E-state index is 13.5. The second-order valence-electron chi connectivity index (χ2n) is 9.83. The molecule has 2 amide bonds. The molecule has 1 aliphatic rings. The van der Waals surface area contributed by atoms with Crippen molar-refractivity contribution < 1.29 is 14.3 Å². The van der Waals surface area contributed by atoms with E-state index in [0.29, 0.717) is 23.8 Å². The van der Waals surface area contributed by atoms with E-state index < -0.39 is 0 Å². The van der Waals surface area contributed by atoms with Gasteiger partial charge in [0.05, 0.1) is 37.6 Å². The first-order chi connectivity index (χ1) is 19.9. The zero-order valence-corrected chi connectivity index (χ0v) is 24.1. The lowest BCUT2D eigenvalue weighted by molar-refractivity contribution is -0.130. The average molecular weight is 569 g/mol. The number of aryl methyl sites for hydroxylation is 1. The summed E-state index contributed by atoms with van der Waals surface area (Å²) in [5, 5.41) is 18.3. The molecule has 1 aliphatic heterocycles. The molecule has 1 N–H and O–H groups in total. The Morgan fingerprint density at radius 3 is 2.44 bits per heavy atom. The van der Waals surface area contributed by atoms with Crippen LogP contribution < -0.4 is 10.1 Å². The van der Waals surface area contributed by atoms with Gasteiger partial charge in [-0.2, -0.15) is 5.10 Å².